The molecule has 0 spiro atoms. The van der Waals surface area contributed by atoms with Crippen LogP contribution in [0, 0.1) is 5.92 Å². The van der Waals surface area contributed by atoms with Gasteiger partial charge in [-0.25, -0.2) is 17.4 Å². The first-order valence-corrected chi connectivity index (χ1v) is 10.4. The Morgan fingerprint density at radius 1 is 1.40 bits per heavy atom. The molecule has 9 heteroatoms. The zero-order chi connectivity index (χ0) is 18.4. The van der Waals surface area contributed by atoms with E-state index in [1.165, 1.54) is 22.7 Å². The summed E-state index contributed by atoms with van der Waals surface area (Å²) in [5, 5.41) is 8.76. The molecule has 1 N–H and O–H groups in total. The van der Waals surface area contributed by atoms with E-state index in [2.05, 4.69) is 24.3 Å². The van der Waals surface area contributed by atoms with Gasteiger partial charge in [-0.15, -0.1) is 11.3 Å². The van der Waals surface area contributed by atoms with E-state index in [9.17, 15) is 13.2 Å². The van der Waals surface area contributed by atoms with Crippen LogP contribution in [0.4, 0.5) is 5.82 Å². The molecule has 2 rings (SSSR count). The summed E-state index contributed by atoms with van der Waals surface area (Å²) in [7, 11) is -1.93. The van der Waals surface area contributed by atoms with Crippen LogP contribution >= 0.6 is 11.3 Å². The van der Waals surface area contributed by atoms with E-state index in [1.807, 2.05) is 0 Å². The second kappa shape index (κ2) is 8.59. The monoisotopic (exact) mass is 384 g/mol. The molecule has 0 saturated heterocycles. The van der Waals surface area contributed by atoms with Crippen molar-refractivity contribution in [3.8, 4) is 0 Å². The molecule has 2 aromatic rings. The first-order valence-electron chi connectivity index (χ1n) is 8.12. The highest BCUT2D eigenvalue weighted by Crippen LogP contribution is 2.20. The maximum atomic E-state index is 12.3. The van der Waals surface area contributed by atoms with Gasteiger partial charge in [-0.1, -0.05) is 19.9 Å². The highest BCUT2D eigenvalue weighted by atomic mass is 32.2. The molecule has 0 aromatic carbocycles. The van der Waals surface area contributed by atoms with E-state index >= 15 is 0 Å². The van der Waals surface area contributed by atoms with Crippen LogP contribution in [0.15, 0.2) is 34.0 Å². The fourth-order valence-corrected chi connectivity index (χ4v) is 4.69. The van der Waals surface area contributed by atoms with E-state index in [-0.39, 0.29) is 12.3 Å². The lowest BCUT2D eigenvalue weighted by atomic mass is 10.2. The largest absolute Gasteiger partial charge is 0.311 e. The molecule has 0 saturated carbocycles. The number of carbonyl (C=O) groups excluding carboxylic acids is 1. The lowest BCUT2D eigenvalue weighted by Gasteiger charge is -2.16. The Hall–Kier alpha value is -1.71. The molecule has 0 aliphatic carbocycles. The molecule has 0 atom stereocenters. The van der Waals surface area contributed by atoms with Crippen molar-refractivity contribution >= 4 is 33.1 Å². The Morgan fingerprint density at radius 3 is 2.80 bits per heavy atom. The topological polar surface area (TPSA) is 84.3 Å². The molecule has 0 radical (unpaired) electrons. The number of thiophene rings is 1. The van der Waals surface area contributed by atoms with Crippen LogP contribution < -0.4 is 5.32 Å². The highest BCUT2D eigenvalue weighted by molar-refractivity contribution is 7.91. The fraction of sp³-hybridized carbons (Fsp3) is 0.500. The minimum atomic E-state index is -3.46. The van der Waals surface area contributed by atoms with E-state index in [0.717, 1.165) is 6.54 Å². The van der Waals surface area contributed by atoms with Crippen LogP contribution in [0.3, 0.4) is 0 Å². The molecule has 0 fully saturated rings. The zero-order valence-electron chi connectivity index (χ0n) is 14.7. The van der Waals surface area contributed by atoms with Crippen LogP contribution in [-0.2, 0) is 21.4 Å². The van der Waals surface area contributed by atoms with Crippen molar-refractivity contribution in [2.24, 2.45) is 5.92 Å². The number of nitrogens with one attached hydrogen (secondary N) is 1. The van der Waals surface area contributed by atoms with Gasteiger partial charge in [0.05, 0.1) is 6.20 Å². The van der Waals surface area contributed by atoms with Crippen molar-refractivity contribution in [1.29, 1.82) is 0 Å². The van der Waals surface area contributed by atoms with Crippen molar-refractivity contribution in [3.63, 3.8) is 0 Å². The van der Waals surface area contributed by atoms with Crippen molar-refractivity contribution < 1.29 is 13.2 Å². The van der Waals surface area contributed by atoms with Crippen molar-refractivity contribution in [1.82, 2.24) is 14.1 Å². The fourth-order valence-electron chi connectivity index (χ4n) is 2.28. The molecule has 1 amide bonds. The summed E-state index contributed by atoms with van der Waals surface area (Å²) in [5.41, 5.74) is 0. The average molecular weight is 385 g/mol. The van der Waals surface area contributed by atoms with Crippen LogP contribution in [-0.4, -0.2) is 42.0 Å². The predicted molar refractivity (Wildman–Crippen MR) is 99.1 cm³/mol. The standard InChI is InChI=1S/C16H24N4O3S2/c1-13(2)12-20-14(8-9-17-20)18-15(21)6-4-10-19(3)25(22,23)16-7-5-11-24-16/h5,7-9,11,13H,4,6,10,12H2,1-3H3,(H,18,21). The Bertz CT molecular complexity index is 782. The van der Waals surface area contributed by atoms with Gasteiger partial charge < -0.3 is 5.32 Å². The maximum absolute atomic E-state index is 12.3. The molecular weight excluding hydrogens is 360 g/mol. The second-order valence-electron chi connectivity index (χ2n) is 6.20. The first-order chi connectivity index (χ1) is 11.8. The van der Waals surface area contributed by atoms with E-state index in [1.54, 1.807) is 34.5 Å². The van der Waals surface area contributed by atoms with E-state index < -0.39 is 10.0 Å². The average Bonchev–Trinajstić information content (AvgIpc) is 3.19. The van der Waals surface area contributed by atoms with Gasteiger partial charge in [0.25, 0.3) is 10.0 Å². The Kier molecular flexibility index (Phi) is 6.74. The van der Waals surface area contributed by atoms with Gasteiger partial charge in [0.15, 0.2) is 0 Å². The summed E-state index contributed by atoms with van der Waals surface area (Å²) in [5.74, 6) is 0.942. The predicted octanol–water partition coefficient (Wildman–Crippen LogP) is 2.64. The number of aromatic nitrogens is 2. The lowest BCUT2D eigenvalue weighted by molar-refractivity contribution is -0.116. The second-order valence-corrected chi connectivity index (χ2v) is 9.42. The number of hydrogen-bond donors (Lipinski definition) is 1. The summed E-state index contributed by atoms with van der Waals surface area (Å²) >= 11 is 1.19. The van der Waals surface area contributed by atoms with Gasteiger partial charge in [-0.05, 0) is 23.8 Å². The summed E-state index contributed by atoms with van der Waals surface area (Å²) < 4.78 is 28.0. The number of sulfonamides is 1. The quantitative estimate of drug-likeness (QED) is 0.720. The molecule has 0 bridgehead atoms. The number of hydrogen-bond acceptors (Lipinski definition) is 5. The van der Waals surface area contributed by atoms with Gasteiger partial charge >= 0.3 is 0 Å². The number of amides is 1. The minimum Gasteiger partial charge on any atom is -0.311 e. The summed E-state index contributed by atoms with van der Waals surface area (Å²) in [4.78, 5) is 12.1. The number of rotatable bonds is 9. The SMILES string of the molecule is CC(C)Cn1nccc1NC(=O)CCCN(C)S(=O)(=O)c1cccs1. The maximum Gasteiger partial charge on any atom is 0.252 e. The molecule has 0 aliphatic heterocycles. The molecule has 7 nitrogen and oxygen atoms in total. The van der Waals surface area contributed by atoms with Crippen molar-refractivity contribution in [3.05, 3.63) is 29.8 Å². The minimum absolute atomic E-state index is 0.146. The first kappa shape index (κ1) is 19.6. The van der Waals surface area contributed by atoms with Crippen molar-refractivity contribution in [2.45, 2.75) is 37.4 Å². The molecular formula is C16H24N4O3S2. The zero-order valence-corrected chi connectivity index (χ0v) is 16.3. The van der Waals surface area contributed by atoms with Gasteiger partial charge in [0.2, 0.25) is 5.91 Å². The summed E-state index contributed by atoms with van der Waals surface area (Å²) in [6.45, 7) is 5.18. The van der Waals surface area contributed by atoms with Gasteiger partial charge in [-0.2, -0.15) is 5.10 Å². The molecule has 0 unspecified atom stereocenters. The van der Waals surface area contributed by atoms with Gasteiger partial charge in [0.1, 0.15) is 10.0 Å². The van der Waals surface area contributed by atoms with Crippen LogP contribution in [0.25, 0.3) is 0 Å². The number of anilines is 1. The molecule has 2 heterocycles. The van der Waals surface area contributed by atoms with E-state index in [0.29, 0.717) is 28.9 Å². The van der Waals surface area contributed by atoms with Crippen LogP contribution in [0.1, 0.15) is 26.7 Å². The summed E-state index contributed by atoms with van der Waals surface area (Å²) in [6, 6.07) is 5.05. The smallest absolute Gasteiger partial charge is 0.252 e. The Labute approximate surface area is 152 Å². The lowest BCUT2D eigenvalue weighted by Crippen LogP contribution is -2.28. The molecule has 0 aliphatic rings. The van der Waals surface area contributed by atoms with Gasteiger partial charge in [-0.3, -0.25) is 4.79 Å². The third-order valence-electron chi connectivity index (χ3n) is 3.56. The molecule has 25 heavy (non-hydrogen) atoms. The Morgan fingerprint density at radius 2 is 2.16 bits per heavy atom. The van der Waals surface area contributed by atoms with Gasteiger partial charge in [0, 0.05) is 32.6 Å². The third kappa shape index (κ3) is 5.38. The van der Waals surface area contributed by atoms with Crippen molar-refractivity contribution in [2.75, 3.05) is 18.9 Å². The normalized spacial score (nSPS) is 12.0. The summed E-state index contributed by atoms with van der Waals surface area (Å²) in [6.07, 6.45) is 2.35. The van der Waals surface area contributed by atoms with E-state index in [4.69, 9.17) is 0 Å². The third-order valence-corrected chi connectivity index (χ3v) is 6.79. The number of nitrogens with zero attached hydrogens (tertiary/aromatic N) is 3. The molecule has 138 valence electrons. The molecule has 2 aromatic heterocycles. The van der Waals surface area contributed by atoms with Crippen LogP contribution in [0.2, 0.25) is 0 Å². The number of carbonyl (C=O) groups is 1. The van der Waals surface area contributed by atoms with Crippen LogP contribution in [0.5, 0.6) is 0 Å². The Balaban J connectivity index is 1.82. The highest BCUT2D eigenvalue weighted by Gasteiger charge is 2.21.